The van der Waals surface area contributed by atoms with Crippen molar-refractivity contribution in [2.24, 2.45) is 0 Å². The zero-order chi connectivity index (χ0) is 27.3. The minimum Gasteiger partial charge on any atom is -0.357 e. The molecule has 0 aliphatic heterocycles. The molecule has 0 saturated carbocycles. The maximum absolute atomic E-state index is 13.8. The van der Waals surface area contributed by atoms with E-state index in [-0.39, 0.29) is 23.0 Å². The van der Waals surface area contributed by atoms with E-state index >= 15 is 0 Å². The van der Waals surface area contributed by atoms with Crippen molar-refractivity contribution >= 4 is 39.1 Å². The van der Waals surface area contributed by atoms with Gasteiger partial charge in [0.15, 0.2) is 0 Å². The predicted molar refractivity (Wildman–Crippen MR) is 147 cm³/mol. The lowest BCUT2D eigenvalue weighted by Crippen LogP contribution is -2.50. The lowest BCUT2D eigenvalue weighted by molar-refractivity contribution is -0.139. The molecule has 0 bridgehead atoms. The van der Waals surface area contributed by atoms with Crippen LogP contribution < -0.4 is 9.62 Å². The molecule has 0 aliphatic carbocycles. The predicted octanol–water partition coefficient (Wildman–Crippen LogP) is 4.62. The van der Waals surface area contributed by atoms with Gasteiger partial charge in [-0.2, -0.15) is 0 Å². The molecule has 0 saturated heterocycles. The van der Waals surface area contributed by atoms with Crippen LogP contribution in [0.15, 0.2) is 71.6 Å². The van der Waals surface area contributed by atoms with Crippen molar-refractivity contribution < 1.29 is 18.0 Å². The summed E-state index contributed by atoms with van der Waals surface area (Å²) in [6, 6.07) is 18.1. The minimum absolute atomic E-state index is 0.0482. The van der Waals surface area contributed by atoms with E-state index in [1.807, 2.05) is 45.0 Å². The van der Waals surface area contributed by atoms with Crippen LogP contribution in [0.4, 0.5) is 5.69 Å². The molecule has 196 valence electrons. The molecule has 9 heteroatoms. The highest BCUT2D eigenvalue weighted by atomic mass is 35.5. The van der Waals surface area contributed by atoms with Crippen molar-refractivity contribution in [3.05, 3.63) is 94.0 Å². The molecule has 3 aromatic rings. The number of carbonyl (C=O) groups excluding carboxylic acids is 2. The normalized spacial score (nSPS) is 12.1. The van der Waals surface area contributed by atoms with Gasteiger partial charge in [-0.05, 0) is 63.1 Å². The molecule has 1 N–H and O–H groups in total. The number of aryl methyl sites for hydroxylation is 3. The second-order valence-electron chi connectivity index (χ2n) is 9.06. The average Bonchev–Trinajstić information content (AvgIpc) is 2.87. The maximum Gasteiger partial charge on any atom is 0.264 e. The van der Waals surface area contributed by atoms with E-state index < -0.39 is 28.5 Å². The molecule has 0 spiro atoms. The summed E-state index contributed by atoms with van der Waals surface area (Å²) in [5.41, 5.74) is 3.82. The number of benzene rings is 3. The van der Waals surface area contributed by atoms with Gasteiger partial charge in [-0.15, -0.1) is 0 Å². The number of anilines is 1. The molecule has 0 radical (unpaired) electrons. The molecule has 37 heavy (non-hydrogen) atoms. The van der Waals surface area contributed by atoms with Gasteiger partial charge in [-0.25, -0.2) is 8.42 Å². The Bertz CT molecular complexity index is 1370. The summed E-state index contributed by atoms with van der Waals surface area (Å²) < 4.78 is 28.6. The Balaban J connectivity index is 2.05. The third kappa shape index (κ3) is 6.70. The van der Waals surface area contributed by atoms with Crippen molar-refractivity contribution in [1.29, 1.82) is 0 Å². The van der Waals surface area contributed by atoms with Gasteiger partial charge in [-0.3, -0.25) is 13.9 Å². The molecule has 0 heterocycles. The zero-order valence-corrected chi connectivity index (χ0v) is 23.2. The zero-order valence-electron chi connectivity index (χ0n) is 21.7. The van der Waals surface area contributed by atoms with Crippen molar-refractivity contribution in [1.82, 2.24) is 10.2 Å². The first-order chi connectivity index (χ1) is 17.4. The standard InChI is InChI=1S/C28H32ClN3O4S/c1-19-6-11-23(12-7-19)17-31(22(4)28(34)30-5)27(33)18-32(24-13-10-21(3)26(29)16-24)37(35,36)25-14-8-20(2)9-15-25/h6-16,22H,17-18H2,1-5H3,(H,30,34)/t22-/m1/s1. The van der Waals surface area contributed by atoms with Crippen LogP contribution in [0, 0.1) is 20.8 Å². The third-order valence-corrected chi connectivity index (χ3v) is 8.41. The summed E-state index contributed by atoms with van der Waals surface area (Å²) >= 11 is 6.33. The number of hydrogen-bond donors (Lipinski definition) is 1. The summed E-state index contributed by atoms with van der Waals surface area (Å²) in [7, 11) is -2.64. The average molecular weight is 542 g/mol. The molecule has 7 nitrogen and oxygen atoms in total. The van der Waals surface area contributed by atoms with Gasteiger partial charge in [0.2, 0.25) is 11.8 Å². The minimum atomic E-state index is -4.13. The van der Waals surface area contributed by atoms with Crippen molar-refractivity contribution in [3.8, 4) is 0 Å². The molecule has 0 unspecified atom stereocenters. The summed E-state index contributed by atoms with van der Waals surface area (Å²) in [6.07, 6.45) is 0. The van der Waals surface area contributed by atoms with Gasteiger partial charge >= 0.3 is 0 Å². The molecule has 0 fully saturated rings. The number of nitrogens with zero attached hydrogens (tertiary/aromatic N) is 2. The Morgan fingerprint density at radius 2 is 1.49 bits per heavy atom. The summed E-state index contributed by atoms with van der Waals surface area (Å²) in [5.74, 6) is -0.879. The van der Waals surface area contributed by atoms with Crippen LogP contribution in [0.1, 0.15) is 29.2 Å². The Morgan fingerprint density at radius 1 is 0.919 bits per heavy atom. The first-order valence-electron chi connectivity index (χ1n) is 11.9. The fourth-order valence-electron chi connectivity index (χ4n) is 3.78. The molecule has 0 aromatic heterocycles. The topological polar surface area (TPSA) is 86.8 Å². The number of hydrogen-bond acceptors (Lipinski definition) is 4. The molecular weight excluding hydrogens is 510 g/mol. The molecule has 2 amide bonds. The number of carbonyl (C=O) groups is 2. The maximum atomic E-state index is 13.8. The van der Waals surface area contributed by atoms with E-state index in [1.54, 1.807) is 31.2 Å². The van der Waals surface area contributed by atoms with E-state index in [9.17, 15) is 18.0 Å². The van der Waals surface area contributed by atoms with Gasteiger partial charge in [0.05, 0.1) is 10.6 Å². The third-order valence-electron chi connectivity index (χ3n) is 6.22. The monoisotopic (exact) mass is 541 g/mol. The fourth-order valence-corrected chi connectivity index (χ4v) is 5.37. The highest BCUT2D eigenvalue weighted by molar-refractivity contribution is 7.92. The molecule has 3 rings (SSSR count). The Hall–Kier alpha value is -3.36. The summed E-state index contributed by atoms with van der Waals surface area (Å²) in [6.45, 7) is 6.88. The molecule has 3 aromatic carbocycles. The van der Waals surface area contributed by atoms with E-state index in [4.69, 9.17) is 11.6 Å². The number of amides is 2. The van der Waals surface area contributed by atoms with Crippen LogP contribution in [-0.2, 0) is 26.2 Å². The fraction of sp³-hybridized carbons (Fsp3) is 0.286. The first-order valence-corrected chi connectivity index (χ1v) is 13.7. The van der Waals surface area contributed by atoms with Gasteiger partial charge in [0.1, 0.15) is 12.6 Å². The number of rotatable bonds is 9. The Labute approximate surface area is 224 Å². The summed E-state index contributed by atoms with van der Waals surface area (Å²) in [4.78, 5) is 27.7. The van der Waals surface area contributed by atoms with Crippen LogP contribution in [0.5, 0.6) is 0 Å². The second kappa shape index (κ2) is 11.8. The van der Waals surface area contributed by atoms with E-state index in [0.29, 0.717) is 5.02 Å². The Morgan fingerprint density at radius 3 is 2.03 bits per heavy atom. The molecule has 0 aliphatic rings. The number of likely N-dealkylation sites (N-methyl/N-ethyl adjacent to an activating group) is 1. The lowest BCUT2D eigenvalue weighted by Gasteiger charge is -2.32. The van der Waals surface area contributed by atoms with Crippen LogP contribution in [-0.4, -0.2) is 44.8 Å². The second-order valence-corrected chi connectivity index (χ2v) is 11.3. The van der Waals surface area contributed by atoms with Gasteiger partial charge in [0, 0.05) is 18.6 Å². The number of halogens is 1. The quantitative estimate of drug-likeness (QED) is 0.428. The van der Waals surface area contributed by atoms with Crippen LogP contribution >= 0.6 is 11.6 Å². The highest BCUT2D eigenvalue weighted by Gasteiger charge is 2.32. The lowest BCUT2D eigenvalue weighted by atomic mass is 10.1. The Kier molecular flexibility index (Phi) is 8.99. The van der Waals surface area contributed by atoms with Crippen molar-refractivity contribution in [2.75, 3.05) is 17.9 Å². The van der Waals surface area contributed by atoms with Crippen LogP contribution in [0.2, 0.25) is 5.02 Å². The molecule has 1 atom stereocenters. The van der Waals surface area contributed by atoms with E-state index in [1.165, 1.54) is 30.1 Å². The number of nitrogens with one attached hydrogen (secondary N) is 1. The summed E-state index contributed by atoms with van der Waals surface area (Å²) in [5, 5.41) is 2.95. The largest absolute Gasteiger partial charge is 0.357 e. The first kappa shape index (κ1) is 28.2. The number of sulfonamides is 1. The van der Waals surface area contributed by atoms with Crippen molar-refractivity contribution in [2.45, 2.75) is 45.2 Å². The smallest absolute Gasteiger partial charge is 0.264 e. The van der Waals surface area contributed by atoms with Gasteiger partial charge < -0.3 is 10.2 Å². The van der Waals surface area contributed by atoms with E-state index in [0.717, 1.165) is 26.6 Å². The van der Waals surface area contributed by atoms with Crippen LogP contribution in [0.3, 0.4) is 0 Å². The van der Waals surface area contributed by atoms with Gasteiger partial charge in [-0.1, -0.05) is 65.2 Å². The molecular formula is C28H32ClN3O4S. The van der Waals surface area contributed by atoms with E-state index in [2.05, 4.69) is 5.32 Å². The van der Waals surface area contributed by atoms with Crippen LogP contribution in [0.25, 0.3) is 0 Å². The highest BCUT2D eigenvalue weighted by Crippen LogP contribution is 2.28. The van der Waals surface area contributed by atoms with Crippen molar-refractivity contribution in [3.63, 3.8) is 0 Å². The van der Waals surface area contributed by atoms with Gasteiger partial charge in [0.25, 0.3) is 10.0 Å². The SMILES string of the molecule is CNC(=O)[C@@H](C)N(Cc1ccc(C)cc1)C(=O)CN(c1ccc(C)c(Cl)c1)S(=O)(=O)c1ccc(C)cc1.